The van der Waals surface area contributed by atoms with Crippen LogP contribution < -0.4 is 15.4 Å². The van der Waals surface area contributed by atoms with Gasteiger partial charge in [-0.1, -0.05) is 36.4 Å². The summed E-state index contributed by atoms with van der Waals surface area (Å²) < 4.78 is 28.8. The van der Waals surface area contributed by atoms with Crippen LogP contribution in [0.3, 0.4) is 0 Å². The number of fused-ring (bicyclic) bond motifs is 1. The van der Waals surface area contributed by atoms with Gasteiger partial charge in [0.1, 0.15) is 6.04 Å². The zero-order valence-corrected chi connectivity index (χ0v) is 18.1. The van der Waals surface area contributed by atoms with Gasteiger partial charge in [-0.2, -0.15) is 4.72 Å². The van der Waals surface area contributed by atoms with Crippen molar-refractivity contribution in [3.05, 3.63) is 82.0 Å². The third-order valence-electron chi connectivity index (χ3n) is 4.97. The van der Waals surface area contributed by atoms with Crippen molar-refractivity contribution >= 4 is 38.9 Å². The van der Waals surface area contributed by atoms with Crippen molar-refractivity contribution in [2.45, 2.75) is 30.3 Å². The minimum absolute atomic E-state index is 0.0504. The first-order valence-corrected chi connectivity index (χ1v) is 12.1. The Morgan fingerprint density at radius 1 is 1.06 bits per heavy atom. The number of nitrogens with one attached hydrogen (secondary N) is 3. The molecule has 7 nitrogen and oxygen atoms in total. The molecule has 2 heterocycles. The topological polar surface area (TPSA) is 104 Å². The normalized spacial score (nSPS) is 14.4. The lowest BCUT2D eigenvalue weighted by atomic mass is 10.0. The highest BCUT2D eigenvalue weighted by atomic mass is 32.2. The molecule has 3 aromatic rings. The number of carbonyl (C=O) groups is 2. The first-order valence-electron chi connectivity index (χ1n) is 9.72. The van der Waals surface area contributed by atoms with Gasteiger partial charge in [-0.15, -0.1) is 11.3 Å². The molecule has 1 aliphatic rings. The summed E-state index contributed by atoms with van der Waals surface area (Å²) in [7, 11) is -3.99. The van der Waals surface area contributed by atoms with Crippen LogP contribution in [-0.2, 0) is 32.6 Å². The van der Waals surface area contributed by atoms with Crippen molar-refractivity contribution in [1.29, 1.82) is 0 Å². The first kappa shape index (κ1) is 21.2. The molecule has 4 rings (SSSR count). The predicted molar refractivity (Wildman–Crippen MR) is 119 cm³/mol. The van der Waals surface area contributed by atoms with Crippen LogP contribution in [0.15, 0.2) is 70.9 Å². The standard InChI is InChI=1S/C22H21N3O4S2/c26-20-11-8-16-13-18(9-10-19(16)24-20)31(28,29)25-21(15-5-2-1-3-6-15)22(27)23-14-17-7-4-12-30-17/h1-7,9-10,12-13,21,25H,8,11,14H2,(H,23,27)(H,24,26)/t21-/m1/s1. The van der Waals surface area contributed by atoms with E-state index in [2.05, 4.69) is 15.4 Å². The van der Waals surface area contributed by atoms with Crippen LogP contribution in [0.1, 0.15) is 28.5 Å². The Bertz CT molecular complexity index is 1190. The Morgan fingerprint density at radius 3 is 2.61 bits per heavy atom. The minimum Gasteiger partial charge on any atom is -0.350 e. The Balaban J connectivity index is 1.58. The molecule has 2 amide bonds. The number of thiophene rings is 1. The second-order valence-corrected chi connectivity index (χ2v) is 9.88. The molecular formula is C22H21N3O4S2. The number of sulfonamides is 1. The SMILES string of the molecule is O=C1CCc2cc(S(=O)(=O)N[C@@H](C(=O)NCc3cccs3)c3ccccc3)ccc2N1. The number of aryl methyl sites for hydroxylation is 1. The van der Waals surface area contributed by atoms with E-state index in [1.54, 1.807) is 42.5 Å². The number of anilines is 1. The van der Waals surface area contributed by atoms with Gasteiger partial charge in [-0.25, -0.2) is 8.42 Å². The molecule has 0 saturated carbocycles. The number of hydrogen-bond donors (Lipinski definition) is 3. The molecule has 0 saturated heterocycles. The number of benzene rings is 2. The lowest BCUT2D eigenvalue weighted by Gasteiger charge is -2.21. The van der Waals surface area contributed by atoms with E-state index in [4.69, 9.17) is 0 Å². The molecule has 3 N–H and O–H groups in total. The fraction of sp³-hybridized carbons (Fsp3) is 0.182. The molecule has 1 aromatic heterocycles. The zero-order chi connectivity index (χ0) is 21.8. The smallest absolute Gasteiger partial charge is 0.243 e. The number of carbonyl (C=O) groups excluding carboxylic acids is 2. The molecule has 2 aromatic carbocycles. The van der Waals surface area contributed by atoms with Gasteiger partial charge in [0.25, 0.3) is 0 Å². The van der Waals surface area contributed by atoms with Gasteiger partial charge >= 0.3 is 0 Å². The van der Waals surface area contributed by atoms with Crippen molar-refractivity contribution in [3.8, 4) is 0 Å². The summed E-state index contributed by atoms with van der Waals surface area (Å²) >= 11 is 1.51. The molecule has 0 spiro atoms. The fourth-order valence-corrected chi connectivity index (χ4v) is 5.24. The summed E-state index contributed by atoms with van der Waals surface area (Å²) in [5.41, 5.74) is 1.91. The van der Waals surface area contributed by atoms with Crippen molar-refractivity contribution in [2.24, 2.45) is 0 Å². The monoisotopic (exact) mass is 455 g/mol. The fourth-order valence-electron chi connectivity index (χ4n) is 3.36. The molecule has 0 bridgehead atoms. The van der Waals surface area contributed by atoms with Crippen molar-refractivity contribution in [1.82, 2.24) is 10.0 Å². The maximum Gasteiger partial charge on any atom is 0.243 e. The summed E-state index contributed by atoms with van der Waals surface area (Å²) in [6, 6.07) is 16.0. The van der Waals surface area contributed by atoms with Gasteiger partial charge in [0.15, 0.2) is 0 Å². The summed E-state index contributed by atoms with van der Waals surface area (Å²) in [5, 5.41) is 7.46. The minimum atomic E-state index is -3.99. The van der Waals surface area contributed by atoms with Gasteiger partial charge < -0.3 is 10.6 Å². The Kier molecular flexibility index (Phi) is 6.17. The number of hydrogen-bond acceptors (Lipinski definition) is 5. The molecule has 0 fully saturated rings. The second-order valence-electron chi connectivity index (χ2n) is 7.13. The van der Waals surface area contributed by atoms with Crippen LogP contribution >= 0.6 is 11.3 Å². The third-order valence-corrected chi connectivity index (χ3v) is 7.26. The van der Waals surface area contributed by atoms with Crippen LogP contribution in [0.2, 0.25) is 0 Å². The van der Waals surface area contributed by atoms with E-state index in [9.17, 15) is 18.0 Å². The van der Waals surface area contributed by atoms with Crippen molar-refractivity contribution < 1.29 is 18.0 Å². The van der Waals surface area contributed by atoms with Gasteiger partial charge in [0, 0.05) is 17.0 Å². The number of rotatable bonds is 7. The molecule has 1 atom stereocenters. The van der Waals surface area contributed by atoms with Crippen LogP contribution in [0.5, 0.6) is 0 Å². The highest BCUT2D eigenvalue weighted by molar-refractivity contribution is 7.89. The molecule has 9 heteroatoms. The first-order chi connectivity index (χ1) is 14.9. The van der Waals surface area contributed by atoms with E-state index in [1.165, 1.54) is 17.4 Å². The van der Waals surface area contributed by atoms with E-state index in [0.29, 0.717) is 30.6 Å². The van der Waals surface area contributed by atoms with Crippen LogP contribution in [0, 0.1) is 0 Å². The second kappa shape index (κ2) is 9.01. The van der Waals surface area contributed by atoms with E-state index in [-0.39, 0.29) is 10.8 Å². The summed E-state index contributed by atoms with van der Waals surface area (Å²) in [6.45, 7) is 0.320. The molecular weight excluding hydrogens is 434 g/mol. The van der Waals surface area contributed by atoms with Gasteiger partial charge in [0.2, 0.25) is 21.8 Å². The van der Waals surface area contributed by atoms with Crippen molar-refractivity contribution in [3.63, 3.8) is 0 Å². The van der Waals surface area contributed by atoms with Crippen LogP contribution in [0.4, 0.5) is 5.69 Å². The van der Waals surface area contributed by atoms with E-state index in [0.717, 1.165) is 10.4 Å². The maximum absolute atomic E-state index is 13.1. The summed E-state index contributed by atoms with van der Waals surface area (Å²) in [6.07, 6.45) is 0.773. The largest absolute Gasteiger partial charge is 0.350 e. The Morgan fingerprint density at radius 2 is 1.87 bits per heavy atom. The maximum atomic E-state index is 13.1. The van der Waals surface area contributed by atoms with Gasteiger partial charge in [-0.05, 0) is 47.2 Å². The number of amides is 2. The Hall–Kier alpha value is -3.01. The molecule has 1 aliphatic heterocycles. The summed E-state index contributed by atoms with van der Waals surface area (Å²) in [5.74, 6) is -0.527. The third kappa shape index (κ3) is 5.01. The highest BCUT2D eigenvalue weighted by Crippen LogP contribution is 2.26. The predicted octanol–water partition coefficient (Wildman–Crippen LogP) is 2.97. The summed E-state index contributed by atoms with van der Waals surface area (Å²) in [4.78, 5) is 25.5. The van der Waals surface area contributed by atoms with Crippen LogP contribution in [0.25, 0.3) is 0 Å². The van der Waals surface area contributed by atoms with Gasteiger partial charge in [0.05, 0.1) is 11.4 Å². The van der Waals surface area contributed by atoms with E-state index >= 15 is 0 Å². The molecule has 0 radical (unpaired) electrons. The molecule has 0 unspecified atom stereocenters. The van der Waals surface area contributed by atoms with Crippen LogP contribution in [-0.4, -0.2) is 20.2 Å². The average Bonchev–Trinajstić information content (AvgIpc) is 3.30. The highest BCUT2D eigenvalue weighted by Gasteiger charge is 2.28. The molecule has 31 heavy (non-hydrogen) atoms. The van der Waals surface area contributed by atoms with Crippen molar-refractivity contribution in [2.75, 3.05) is 5.32 Å². The average molecular weight is 456 g/mol. The van der Waals surface area contributed by atoms with E-state index < -0.39 is 22.0 Å². The lowest BCUT2D eigenvalue weighted by Crippen LogP contribution is -2.40. The Labute approximate surface area is 184 Å². The van der Waals surface area contributed by atoms with Gasteiger partial charge in [-0.3, -0.25) is 9.59 Å². The zero-order valence-electron chi connectivity index (χ0n) is 16.5. The quantitative estimate of drug-likeness (QED) is 0.509. The molecule has 160 valence electrons. The molecule has 0 aliphatic carbocycles. The lowest BCUT2D eigenvalue weighted by molar-refractivity contribution is -0.123. The van der Waals surface area contributed by atoms with E-state index in [1.807, 2.05) is 17.5 Å².